The van der Waals surface area contributed by atoms with Crippen molar-refractivity contribution in [3.63, 3.8) is 0 Å². The molecular formula is C61H110O9. The Morgan fingerprint density at radius 1 is 0.471 bits per heavy atom. The highest BCUT2D eigenvalue weighted by molar-refractivity contribution is 5.69. The van der Waals surface area contributed by atoms with Gasteiger partial charge in [-0.15, -0.1) is 0 Å². The summed E-state index contributed by atoms with van der Waals surface area (Å²) in [4.78, 5) is 12.9. The third kappa shape index (κ3) is 41.4. The van der Waals surface area contributed by atoms with Crippen molar-refractivity contribution < 1.29 is 44.2 Å². The maximum absolute atomic E-state index is 12.9. The summed E-state index contributed by atoms with van der Waals surface area (Å²) < 4.78 is 23.0. The quantitative estimate of drug-likeness (QED) is 0.0267. The molecule has 0 bridgehead atoms. The molecule has 0 aliphatic carbocycles. The minimum absolute atomic E-state index is 0.115. The van der Waals surface area contributed by atoms with Crippen molar-refractivity contribution in [3.8, 4) is 0 Å². The first kappa shape index (κ1) is 65.9. The van der Waals surface area contributed by atoms with Crippen LogP contribution in [0.1, 0.15) is 258 Å². The zero-order chi connectivity index (χ0) is 50.6. The lowest BCUT2D eigenvalue weighted by Gasteiger charge is -2.39. The maximum Gasteiger partial charge on any atom is 0.306 e. The molecule has 9 heteroatoms. The molecule has 0 aromatic heterocycles. The van der Waals surface area contributed by atoms with E-state index in [1.807, 2.05) is 0 Å². The summed E-state index contributed by atoms with van der Waals surface area (Å²) in [6.07, 6.45) is 61.3. The van der Waals surface area contributed by atoms with E-state index < -0.39 is 43.4 Å². The molecular weight excluding hydrogens is 877 g/mol. The Balaban J connectivity index is 2.15. The lowest BCUT2D eigenvalue weighted by atomic mass is 9.99. The predicted molar refractivity (Wildman–Crippen MR) is 293 cm³/mol. The summed E-state index contributed by atoms with van der Waals surface area (Å²) in [5.74, 6) is -0.316. The predicted octanol–water partition coefficient (Wildman–Crippen LogP) is 15.4. The lowest BCUT2D eigenvalue weighted by Crippen LogP contribution is -2.59. The van der Waals surface area contributed by atoms with Crippen LogP contribution in [-0.2, 0) is 23.7 Å². The van der Waals surface area contributed by atoms with Gasteiger partial charge in [-0.2, -0.15) is 0 Å². The van der Waals surface area contributed by atoms with E-state index in [1.54, 1.807) is 0 Å². The smallest absolute Gasteiger partial charge is 0.306 e. The van der Waals surface area contributed by atoms with Gasteiger partial charge in [-0.3, -0.25) is 4.79 Å². The van der Waals surface area contributed by atoms with Gasteiger partial charge in [0.1, 0.15) is 30.5 Å². The number of aliphatic hydroxyl groups is 4. The number of carbonyl (C=O) groups excluding carboxylic acids is 1. The van der Waals surface area contributed by atoms with Gasteiger partial charge in [0.25, 0.3) is 0 Å². The van der Waals surface area contributed by atoms with Crippen LogP contribution in [0.25, 0.3) is 0 Å². The molecule has 0 saturated carbocycles. The number of hydrogen-bond donors (Lipinski definition) is 4. The number of carbonyl (C=O) groups is 1. The van der Waals surface area contributed by atoms with Gasteiger partial charge in [0.05, 0.1) is 19.8 Å². The summed E-state index contributed by atoms with van der Waals surface area (Å²) in [6.45, 7) is 4.48. The number of hydrogen-bond acceptors (Lipinski definition) is 9. The van der Waals surface area contributed by atoms with Crippen LogP contribution in [0.4, 0.5) is 0 Å². The van der Waals surface area contributed by atoms with Crippen LogP contribution in [0, 0.1) is 0 Å². The highest BCUT2D eigenvalue weighted by Crippen LogP contribution is 2.23. The molecule has 1 fully saturated rings. The third-order valence-corrected chi connectivity index (χ3v) is 13.4. The lowest BCUT2D eigenvalue weighted by molar-refractivity contribution is -0.305. The van der Waals surface area contributed by atoms with E-state index in [-0.39, 0.29) is 19.2 Å². The summed E-state index contributed by atoms with van der Waals surface area (Å²) in [7, 11) is 0. The molecule has 1 saturated heterocycles. The molecule has 0 aromatic carbocycles. The summed E-state index contributed by atoms with van der Waals surface area (Å²) in [5.41, 5.74) is 0. The first-order valence-corrected chi connectivity index (χ1v) is 29.4. The van der Waals surface area contributed by atoms with Crippen LogP contribution in [0.2, 0.25) is 0 Å². The van der Waals surface area contributed by atoms with E-state index in [1.165, 1.54) is 173 Å². The van der Waals surface area contributed by atoms with Gasteiger partial charge < -0.3 is 39.4 Å². The highest BCUT2D eigenvalue weighted by Gasteiger charge is 2.44. The molecule has 0 spiro atoms. The molecule has 0 radical (unpaired) electrons. The Labute approximate surface area is 430 Å². The van der Waals surface area contributed by atoms with E-state index >= 15 is 0 Å². The zero-order valence-corrected chi connectivity index (χ0v) is 45.3. The van der Waals surface area contributed by atoms with E-state index in [0.29, 0.717) is 13.0 Å². The van der Waals surface area contributed by atoms with Crippen LogP contribution < -0.4 is 0 Å². The molecule has 0 aromatic rings. The zero-order valence-electron chi connectivity index (χ0n) is 45.3. The third-order valence-electron chi connectivity index (χ3n) is 13.4. The first-order valence-electron chi connectivity index (χ1n) is 29.4. The normalized spacial score (nSPS) is 19.3. The fourth-order valence-electron chi connectivity index (χ4n) is 8.89. The largest absolute Gasteiger partial charge is 0.457 e. The van der Waals surface area contributed by atoms with Crippen molar-refractivity contribution in [2.75, 3.05) is 26.4 Å². The summed E-state index contributed by atoms with van der Waals surface area (Å²) in [6, 6.07) is 0. The molecule has 0 amide bonds. The second-order valence-corrected chi connectivity index (χ2v) is 20.1. The number of unbranched alkanes of at least 4 members (excludes halogenated alkanes) is 30. The van der Waals surface area contributed by atoms with E-state index in [4.69, 9.17) is 18.9 Å². The van der Waals surface area contributed by atoms with Crippen LogP contribution in [0.5, 0.6) is 0 Å². The van der Waals surface area contributed by atoms with Gasteiger partial charge in [0.2, 0.25) is 0 Å². The van der Waals surface area contributed by atoms with Crippen LogP contribution >= 0.6 is 0 Å². The minimum atomic E-state index is -1.54. The fourth-order valence-corrected chi connectivity index (χ4v) is 8.89. The Kier molecular flexibility index (Phi) is 48.7. The number of allylic oxidation sites excluding steroid dienone is 10. The van der Waals surface area contributed by atoms with Crippen molar-refractivity contribution in [3.05, 3.63) is 60.8 Å². The molecule has 70 heavy (non-hydrogen) atoms. The second-order valence-electron chi connectivity index (χ2n) is 20.1. The Morgan fingerprint density at radius 3 is 1.33 bits per heavy atom. The average Bonchev–Trinajstić information content (AvgIpc) is 3.36. The molecule has 408 valence electrons. The number of esters is 1. The van der Waals surface area contributed by atoms with Crippen molar-refractivity contribution in [1.29, 1.82) is 0 Å². The Bertz CT molecular complexity index is 1260. The van der Waals surface area contributed by atoms with Crippen molar-refractivity contribution in [2.24, 2.45) is 0 Å². The van der Waals surface area contributed by atoms with Gasteiger partial charge in [-0.1, -0.05) is 235 Å². The minimum Gasteiger partial charge on any atom is -0.457 e. The fraction of sp³-hybridized carbons (Fsp3) is 0.820. The van der Waals surface area contributed by atoms with Crippen molar-refractivity contribution >= 4 is 5.97 Å². The van der Waals surface area contributed by atoms with Gasteiger partial charge in [-0.25, -0.2) is 0 Å². The molecule has 1 aliphatic heterocycles. The van der Waals surface area contributed by atoms with E-state index in [9.17, 15) is 25.2 Å². The number of rotatable bonds is 51. The summed E-state index contributed by atoms with van der Waals surface area (Å²) in [5, 5.41) is 40.4. The molecule has 9 nitrogen and oxygen atoms in total. The van der Waals surface area contributed by atoms with E-state index in [0.717, 1.165) is 64.2 Å². The maximum atomic E-state index is 12.9. The monoisotopic (exact) mass is 987 g/mol. The van der Waals surface area contributed by atoms with Crippen molar-refractivity contribution in [1.82, 2.24) is 0 Å². The van der Waals surface area contributed by atoms with Gasteiger partial charge >= 0.3 is 5.97 Å². The molecule has 6 atom stereocenters. The Morgan fingerprint density at radius 2 is 0.871 bits per heavy atom. The topological polar surface area (TPSA) is 135 Å². The molecule has 1 heterocycles. The van der Waals surface area contributed by atoms with Crippen LogP contribution in [0.3, 0.4) is 0 Å². The molecule has 6 unspecified atom stereocenters. The van der Waals surface area contributed by atoms with Crippen LogP contribution in [-0.4, -0.2) is 89.6 Å². The van der Waals surface area contributed by atoms with Gasteiger partial charge in [0, 0.05) is 13.0 Å². The molecule has 1 aliphatic rings. The highest BCUT2D eigenvalue weighted by atomic mass is 16.7. The van der Waals surface area contributed by atoms with E-state index in [2.05, 4.69) is 74.6 Å². The van der Waals surface area contributed by atoms with Crippen LogP contribution in [0.15, 0.2) is 60.8 Å². The number of aliphatic hydroxyl groups excluding tert-OH is 4. The van der Waals surface area contributed by atoms with Gasteiger partial charge in [-0.05, 0) is 77.0 Å². The summed E-state index contributed by atoms with van der Waals surface area (Å²) >= 11 is 0. The SMILES string of the molecule is CC/C=C\C/C=C\C/C=C\C/C=C\CCCCCCCCCCCCC(=O)OC(COCCCCCCCCCCCCCC/C=C\CCCCCCCCCC)COC1OC(CO)C(O)C(O)C1O. The molecule has 4 N–H and O–H groups in total. The first-order chi connectivity index (χ1) is 34.4. The van der Waals surface area contributed by atoms with Crippen molar-refractivity contribution in [2.45, 2.75) is 295 Å². The Hall–Kier alpha value is -2.11. The average molecular weight is 988 g/mol. The number of ether oxygens (including phenoxy) is 4. The molecule has 1 rings (SSSR count). The second kappa shape index (κ2) is 51.8. The standard InChI is InChI=1S/C61H110O9/c1-3-5-7-9-11-13-15-17-19-21-23-25-27-29-31-33-35-37-39-41-43-45-47-49-51-67-53-55(54-68-61-60(66)59(65)58(64)56(52-62)70-61)69-57(63)50-48-46-44-42-40-38-36-34-32-30-28-26-24-22-20-18-16-14-12-10-8-6-4-2/h6,8,12,14,18,20-21,23-24,26,55-56,58-62,64-66H,3-5,7,9-11,13,15-17,19,22,25,27-54H2,1-2H3/b8-6-,14-12-,20-18-,23-21-,26-24-. The van der Waals surface area contributed by atoms with Gasteiger partial charge in [0.15, 0.2) is 6.29 Å².